The van der Waals surface area contributed by atoms with Gasteiger partial charge >= 0.3 is 0 Å². The fraction of sp³-hybridized carbons (Fsp3) is 0.238. The van der Waals surface area contributed by atoms with E-state index in [0.717, 1.165) is 13.0 Å². The molecule has 0 heterocycles. The summed E-state index contributed by atoms with van der Waals surface area (Å²) in [4.78, 5) is 0. The SMILES string of the molecule is CCCCOCc1cc2ccc3cccc4ccc(c1)c2c34. The van der Waals surface area contributed by atoms with Crippen molar-refractivity contribution in [3.8, 4) is 0 Å². The zero-order valence-electron chi connectivity index (χ0n) is 12.9. The fourth-order valence-electron chi connectivity index (χ4n) is 3.34. The van der Waals surface area contributed by atoms with E-state index in [2.05, 4.69) is 61.5 Å². The Morgan fingerprint density at radius 3 is 2.00 bits per heavy atom. The monoisotopic (exact) mass is 288 g/mol. The molecule has 0 unspecified atom stereocenters. The molecule has 1 heteroatoms. The number of ether oxygens (including phenoxy) is 1. The molecule has 0 aliphatic heterocycles. The summed E-state index contributed by atoms with van der Waals surface area (Å²) in [5.41, 5.74) is 1.27. The molecule has 0 spiro atoms. The van der Waals surface area contributed by atoms with Crippen molar-refractivity contribution in [1.82, 2.24) is 0 Å². The summed E-state index contributed by atoms with van der Waals surface area (Å²) in [6.45, 7) is 3.75. The molecule has 0 bridgehead atoms. The highest BCUT2D eigenvalue weighted by molar-refractivity contribution is 6.23. The van der Waals surface area contributed by atoms with Crippen LogP contribution in [0, 0.1) is 0 Å². The molecule has 0 aromatic heterocycles. The largest absolute Gasteiger partial charge is 0.377 e. The highest BCUT2D eigenvalue weighted by Gasteiger charge is 2.08. The average molecular weight is 288 g/mol. The highest BCUT2D eigenvalue weighted by atomic mass is 16.5. The van der Waals surface area contributed by atoms with Gasteiger partial charge in [0.05, 0.1) is 6.61 Å². The second kappa shape index (κ2) is 5.58. The van der Waals surface area contributed by atoms with E-state index in [9.17, 15) is 0 Å². The van der Waals surface area contributed by atoms with Crippen LogP contribution in [0.2, 0.25) is 0 Å². The molecule has 0 radical (unpaired) electrons. The van der Waals surface area contributed by atoms with Gasteiger partial charge in [0.15, 0.2) is 0 Å². The first-order valence-electron chi connectivity index (χ1n) is 8.11. The first-order chi connectivity index (χ1) is 10.9. The van der Waals surface area contributed by atoms with Gasteiger partial charge in [0.2, 0.25) is 0 Å². The summed E-state index contributed by atoms with van der Waals surface area (Å²) < 4.78 is 5.79. The summed E-state index contributed by atoms with van der Waals surface area (Å²) >= 11 is 0. The molecule has 22 heavy (non-hydrogen) atoms. The molecule has 0 aliphatic carbocycles. The zero-order valence-corrected chi connectivity index (χ0v) is 12.9. The van der Waals surface area contributed by atoms with E-state index in [1.165, 1.54) is 44.3 Å². The summed E-state index contributed by atoms with van der Waals surface area (Å²) in [6, 6.07) is 20.0. The maximum absolute atomic E-state index is 5.79. The lowest BCUT2D eigenvalue weighted by Gasteiger charge is -2.12. The standard InChI is InChI=1S/C21H20O/c1-2-3-11-22-14-15-12-18-9-7-16-5-4-6-17-8-10-19(13-15)21(18)20(16)17/h4-10,12-13H,2-3,11,14H2,1H3. The van der Waals surface area contributed by atoms with E-state index in [-0.39, 0.29) is 0 Å². The molecule has 0 N–H and O–H groups in total. The third-order valence-corrected chi connectivity index (χ3v) is 4.43. The van der Waals surface area contributed by atoms with Crippen molar-refractivity contribution < 1.29 is 4.74 Å². The predicted octanol–water partition coefficient (Wildman–Crippen LogP) is 5.90. The van der Waals surface area contributed by atoms with E-state index in [4.69, 9.17) is 4.74 Å². The minimum Gasteiger partial charge on any atom is -0.377 e. The minimum absolute atomic E-state index is 0.705. The molecular formula is C21H20O. The van der Waals surface area contributed by atoms with Gasteiger partial charge in [-0.05, 0) is 56.4 Å². The van der Waals surface area contributed by atoms with Crippen molar-refractivity contribution in [2.24, 2.45) is 0 Å². The van der Waals surface area contributed by atoms with Gasteiger partial charge in [-0.1, -0.05) is 55.8 Å². The van der Waals surface area contributed by atoms with Crippen LogP contribution in [0.25, 0.3) is 32.3 Å². The number of hydrogen-bond donors (Lipinski definition) is 0. The Hall–Kier alpha value is -2.12. The molecule has 1 nitrogen and oxygen atoms in total. The molecule has 110 valence electrons. The van der Waals surface area contributed by atoms with E-state index in [0.29, 0.717) is 6.61 Å². The Labute approximate surface area is 130 Å². The molecular weight excluding hydrogens is 268 g/mol. The summed E-state index contributed by atoms with van der Waals surface area (Å²) in [7, 11) is 0. The highest BCUT2D eigenvalue weighted by Crippen LogP contribution is 2.35. The molecule has 0 aliphatic rings. The number of benzene rings is 4. The molecule has 4 aromatic carbocycles. The van der Waals surface area contributed by atoms with Gasteiger partial charge in [-0.3, -0.25) is 0 Å². The Balaban J connectivity index is 1.83. The van der Waals surface area contributed by atoms with Crippen molar-refractivity contribution in [2.45, 2.75) is 26.4 Å². The van der Waals surface area contributed by atoms with Crippen molar-refractivity contribution in [3.63, 3.8) is 0 Å². The molecule has 4 aromatic rings. The summed E-state index contributed by atoms with van der Waals surface area (Å²) in [5, 5.41) is 8.04. The third-order valence-electron chi connectivity index (χ3n) is 4.43. The van der Waals surface area contributed by atoms with Crippen LogP contribution in [-0.2, 0) is 11.3 Å². The van der Waals surface area contributed by atoms with Gasteiger partial charge in [0.25, 0.3) is 0 Å². The lowest BCUT2D eigenvalue weighted by molar-refractivity contribution is 0.118. The Morgan fingerprint density at radius 2 is 1.36 bits per heavy atom. The van der Waals surface area contributed by atoms with Crippen molar-refractivity contribution >= 4 is 32.3 Å². The molecule has 4 rings (SSSR count). The third kappa shape index (κ3) is 2.22. The van der Waals surface area contributed by atoms with Crippen LogP contribution < -0.4 is 0 Å². The van der Waals surface area contributed by atoms with Crippen molar-refractivity contribution in [2.75, 3.05) is 6.61 Å². The molecule has 0 saturated heterocycles. The first kappa shape index (κ1) is 13.5. The van der Waals surface area contributed by atoms with E-state index in [1.54, 1.807) is 0 Å². The summed E-state index contributed by atoms with van der Waals surface area (Å²) in [5.74, 6) is 0. The second-order valence-electron chi connectivity index (χ2n) is 6.03. The first-order valence-corrected chi connectivity index (χ1v) is 8.11. The Morgan fingerprint density at radius 1 is 0.773 bits per heavy atom. The Kier molecular flexibility index (Phi) is 3.44. The van der Waals surface area contributed by atoms with Crippen LogP contribution in [0.15, 0.2) is 54.6 Å². The fourth-order valence-corrected chi connectivity index (χ4v) is 3.34. The van der Waals surface area contributed by atoms with Gasteiger partial charge in [0, 0.05) is 6.61 Å². The van der Waals surface area contributed by atoms with E-state index >= 15 is 0 Å². The lowest BCUT2D eigenvalue weighted by Crippen LogP contribution is -1.95. The number of hydrogen-bond acceptors (Lipinski definition) is 1. The molecule has 0 atom stereocenters. The molecule has 0 fully saturated rings. The van der Waals surface area contributed by atoms with Crippen LogP contribution in [0.5, 0.6) is 0 Å². The topological polar surface area (TPSA) is 9.23 Å². The summed E-state index contributed by atoms with van der Waals surface area (Å²) in [6.07, 6.45) is 2.31. The van der Waals surface area contributed by atoms with Gasteiger partial charge < -0.3 is 4.74 Å². The maximum atomic E-state index is 5.79. The van der Waals surface area contributed by atoms with Crippen LogP contribution in [0.4, 0.5) is 0 Å². The van der Waals surface area contributed by atoms with Crippen LogP contribution >= 0.6 is 0 Å². The molecule has 0 saturated carbocycles. The minimum atomic E-state index is 0.705. The predicted molar refractivity (Wildman–Crippen MR) is 94.7 cm³/mol. The Bertz CT molecular complexity index is 859. The van der Waals surface area contributed by atoms with Gasteiger partial charge in [-0.2, -0.15) is 0 Å². The van der Waals surface area contributed by atoms with Crippen molar-refractivity contribution in [3.05, 3.63) is 60.2 Å². The smallest absolute Gasteiger partial charge is 0.0717 e. The zero-order chi connectivity index (χ0) is 14.9. The lowest BCUT2D eigenvalue weighted by atomic mass is 9.93. The maximum Gasteiger partial charge on any atom is 0.0717 e. The van der Waals surface area contributed by atoms with Crippen LogP contribution in [0.3, 0.4) is 0 Å². The van der Waals surface area contributed by atoms with E-state index in [1.807, 2.05) is 0 Å². The van der Waals surface area contributed by atoms with Crippen molar-refractivity contribution in [1.29, 1.82) is 0 Å². The van der Waals surface area contributed by atoms with Gasteiger partial charge in [-0.25, -0.2) is 0 Å². The van der Waals surface area contributed by atoms with Crippen LogP contribution in [-0.4, -0.2) is 6.61 Å². The number of rotatable bonds is 5. The second-order valence-corrected chi connectivity index (χ2v) is 6.03. The molecule has 0 amide bonds. The number of unbranched alkanes of at least 4 members (excludes halogenated alkanes) is 1. The van der Waals surface area contributed by atoms with Gasteiger partial charge in [-0.15, -0.1) is 0 Å². The normalized spacial score (nSPS) is 11.9. The quantitative estimate of drug-likeness (QED) is 0.328. The van der Waals surface area contributed by atoms with Gasteiger partial charge in [0.1, 0.15) is 0 Å². The average Bonchev–Trinajstić information content (AvgIpc) is 2.56. The van der Waals surface area contributed by atoms with E-state index < -0.39 is 0 Å². The van der Waals surface area contributed by atoms with Crippen LogP contribution in [0.1, 0.15) is 25.3 Å².